The maximum absolute atomic E-state index is 10.7. The molecule has 0 fully saturated rings. The second-order valence-corrected chi connectivity index (χ2v) is 3.45. The normalized spacial score (nSPS) is 14.2. The molecule has 2 nitrogen and oxygen atoms in total. The highest BCUT2D eigenvalue weighted by Crippen LogP contribution is 2.21. The van der Waals surface area contributed by atoms with Crippen molar-refractivity contribution < 1.29 is 9.09 Å². The minimum absolute atomic E-state index is 1.01. The zero-order chi connectivity index (χ0) is 7.82. The van der Waals surface area contributed by atoms with Crippen molar-refractivity contribution in [1.82, 2.24) is 0 Å². The van der Waals surface area contributed by atoms with Crippen LogP contribution in [-0.4, -0.2) is 7.11 Å². The van der Waals surface area contributed by atoms with Crippen molar-refractivity contribution >= 4 is 8.03 Å². The predicted octanol–water partition coefficient (Wildman–Crippen LogP) is 2.81. The molecule has 0 aliphatic carbocycles. The molecule has 10 heavy (non-hydrogen) atoms. The first-order valence-electron chi connectivity index (χ1n) is 3.55. The molecule has 0 saturated carbocycles. The third-order valence-corrected chi connectivity index (χ3v) is 2.09. The molecule has 0 aromatic rings. The van der Waals surface area contributed by atoms with Gasteiger partial charge in [-0.1, -0.05) is 25.8 Å². The van der Waals surface area contributed by atoms with Crippen molar-refractivity contribution in [3.05, 3.63) is 11.9 Å². The molecule has 0 aromatic heterocycles. The number of rotatable bonds is 5. The van der Waals surface area contributed by atoms with Crippen LogP contribution in [0.1, 0.15) is 26.2 Å². The van der Waals surface area contributed by atoms with Gasteiger partial charge in [0.15, 0.2) is 0 Å². The highest BCUT2D eigenvalue weighted by atomic mass is 31.1. The van der Waals surface area contributed by atoms with Gasteiger partial charge in [-0.3, -0.25) is 4.57 Å². The van der Waals surface area contributed by atoms with Crippen molar-refractivity contribution in [2.75, 3.05) is 7.11 Å². The van der Waals surface area contributed by atoms with Crippen LogP contribution in [0.15, 0.2) is 11.9 Å². The number of allylic oxidation sites excluding steroid dienone is 1. The van der Waals surface area contributed by atoms with Gasteiger partial charge in [0, 0.05) is 7.11 Å². The van der Waals surface area contributed by atoms with Gasteiger partial charge in [0.2, 0.25) is 8.03 Å². The lowest BCUT2D eigenvalue weighted by Crippen LogP contribution is -1.66. The quantitative estimate of drug-likeness (QED) is 0.459. The molecule has 0 aliphatic rings. The summed E-state index contributed by atoms with van der Waals surface area (Å²) in [5.74, 6) is 1.65. The minimum atomic E-state index is -1.84. The van der Waals surface area contributed by atoms with Gasteiger partial charge < -0.3 is 4.52 Å². The number of hydrogen-bond acceptors (Lipinski definition) is 2. The van der Waals surface area contributed by atoms with Gasteiger partial charge in [-0.2, -0.15) is 0 Å². The third-order valence-electron chi connectivity index (χ3n) is 1.18. The van der Waals surface area contributed by atoms with Gasteiger partial charge in [-0.25, -0.2) is 0 Å². The molecular weight excluding hydrogens is 147 g/mol. The van der Waals surface area contributed by atoms with Crippen LogP contribution in [0.4, 0.5) is 0 Å². The molecular formula is C7H15O2P. The maximum atomic E-state index is 10.7. The Hall–Kier alpha value is -0.0700. The van der Waals surface area contributed by atoms with Gasteiger partial charge in [0.1, 0.15) is 0 Å². The lowest BCUT2D eigenvalue weighted by atomic mass is 10.2. The molecule has 3 heteroatoms. The highest BCUT2D eigenvalue weighted by Gasteiger charge is 1.84. The largest absolute Gasteiger partial charge is 0.331 e. The van der Waals surface area contributed by atoms with Crippen LogP contribution in [0.25, 0.3) is 0 Å². The van der Waals surface area contributed by atoms with E-state index in [1.54, 1.807) is 5.82 Å². The number of hydrogen-bond donors (Lipinski definition) is 0. The standard InChI is InChI=1S/C7H15O2P/c1-3-4-5-6-7-10(8)9-2/h6-7,10H,3-5H2,1-2H3. The fourth-order valence-electron chi connectivity index (χ4n) is 0.570. The zero-order valence-corrected chi connectivity index (χ0v) is 7.59. The van der Waals surface area contributed by atoms with E-state index in [4.69, 9.17) is 0 Å². The first kappa shape index (κ1) is 9.93. The van der Waals surface area contributed by atoms with Crippen molar-refractivity contribution in [1.29, 1.82) is 0 Å². The summed E-state index contributed by atoms with van der Waals surface area (Å²) in [6.07, 6.45) is 5.28. The van der Waals surface area contributed by atoms with Crippen molar-refractivity contribution in [2.45, 2.75) is 26.2 Å². The summed E-state index contributed by atoms with van der Waals surface area (Å²) in [4.78, 5) is 0. The van der Waals surface area contributed by atoms with E-state index in [1.165, 1.54) is 13.5 Å². The smallest absolute Gasteiger partial charge is 0.213 e. The van der Waals surface area contributed by atoms with Crippen LogP contribution in [0.2, 0.25) is 0 Å². The molecule has 0 spiro atoms. The van der Waals surface area contributed by atoms with Crippen LogP contribution >= 0.6 is 8.03 Å². The second kappa shape index (κ2) is 7.04. The summed E-state index contributed by atoms with van der Waals surface area (Å²) in [6.45, 7) is 2.13. The van der Waals surface area contributed by atoms with Crippen LogP contribution in [0, 0.1) is 0 Å². The number of unbranched alkanes of at least 4 members (excludes halogenated alkanes) is 2. The Labute approximate surface area is 63.1 Å². The molecule has 0 heterocycles. The Balaban J connectivity index is 3.27. The molecule has 1 atom stereocenters. The molecule has 0 amide bonds. The fraction of sp³-hybridized carbons (Fsp3) is 0.714. The lowest BCUT2D eigenvalue weighted by Gasteiger charge is -1.89. The van der Waals surface area contributed by atoms with Gasteiger partial charge in [-0.05, 0) is 12.2 Å². The van der Waals surface area contributed by atoms with E-state index >= 15 is 0 Å². The molecule has 0 saturated heterocycles. The van der Waals surface area contributed by atoms with E-state index in [2.05, 4.69) is 11.4 Å². The van der Waals surface area contributed by atoms with E-state index in [0.29, 0.717) is 0 Å². The summed E-state index contributed by atoms with van der Waals surface area (Å²) in [7, 11) is -0.376. The molecule has 0 bridgehead atoms. The fourth-order valence-corrected chi connectivity index (χ4v) is 1.06. The Morgan fingerprint density at radius 1 is 1.60 bits per heavy atom. The Morgan fingerprint density at radius 2 is 2.30 bits per heavy atom. The summed E-state index contributed by atoms with van der Waals surface area (Å²) >= 11 is 0. The van der Waals surface area contributed by atoms with Crippen LogP contribution in [-0.2, 0) is 9.09 Å². The van der Waals surface area contributed by atoms with Gasteiger partial charge in [0.25, 0.3) is 0 Å². The zero-order valence-electron chi connectivity index (χ0n) is 6.59. The van der Waals surface area contributed by atoms with Crippen molar-refractivity contribution in [3.8, 4) is 0 Å². The van der Waals surface area contributed by atoms with Crippen molar-refractivity contribution in [2.24, 2.45) is 0 Å². The van der Waals surface area contributed by atoms with E-state index in [-0.39, 0.29) is 0 Å². The molecule has 0 aliphatic heterocycles. The van der Waals surface area contributed by atoms with E-state index < -0.39 is 8.03 Å². The Morgan fingerprint density at radius 3 is 2.80 bits per heavy atom. The molecule has 60 valence electrons. The molecule has 1 unspecified atom stereocenters. The second-order valence-electron chi connectivity index (χ2n) is 2.07. The average molecular weight is 162 g/mol. The molecule has 0 N–H and O–H groups in total. The van der Waals surface area contributed by atoms with E-state index in [9.17, 15) is 4.57 Å². The topological polar surface area (TPSA) is 26.3 Å². The molecule has 0 radical (unpaired) electrons. The summed E-state index contributed by atoms with van der Waals surface area (Å²) in [5, 5.41) is 0. The lowest BCUT2D eigenvalue weighted by molar-refractivity contribution is 0.422. The van der Waals surface area contributed by atoms with Gasteiger partial charge >= 0.3 is 0 Å². The first-order valence-corrected chi connectivity index (χ1v) is 4.95. The SMILES string of the molecule is CCCCC=C[PH](=O)OC. The first-order chi connectivity index (χ1) is 4.81. The van der Waals surface area contributed by atoms with Crippen LogP contribution in [0.5, 0.6) is 0 Å². The predicted molar refractivity (Wildman–Crippen MR) is 44.7 cm³/mol. The van der Waals surface area contributed by atoms with E-state index in [1.807, 2.05) is 6.08 Å². The molecule has 0 rings (SSSR count). The maximum Gasteiger partial charge on any atom is 0.213 e. The van der Waals surface area contributed by atoms with Crippen LogP contribution < -0.4 is 0 Å². The summed E-state index contributed by atoms with van der Waals surface area (Å²) in [5.41, 5.74) is 0. The Bertz CT molecular complexity index is 121. The Kier molecular flexibility index (Phi) is 6.99. The van der Waals surface area contributed by atoms with Gasteiger partial charge in [0.05, 0.1) is 0 Å². The van der Waals surface area contributed by atoms with Gasteiger partial charge in [-0.15, -0.1) is 0 Å². The molecule has 0 aromatic carbocycles. The van der Waals surface area contributed by atoms with Crippen molar-refractivity contribution in [3.63, 3.8) is 0 Å². The summed E-state index contributed by atoms with van der Waals surface area (Å²) < 4.78 is 15.2. The minimum Gasteiger partial charge on any atom is -0.331 e. The third kappa shape index (κ3) is 6.06. The highest BCUT2D eigenvalue weighted by molar-refractivity contribution is 7.42. The monoisotopic (exact) mass is 162 g/mol. The van der Waals surface area contributed by atoms with Crippen LogP contribution in [0.3, 0.4) is 0 Å². The van der Waals surface area contributed by atoms with E-state index in [0.717, 1.165) is 12.8 Å². The summed E-state index contributed by atoms with van der Waals surface area (Å²) in [6, 6.07) is 0. The average Bonchev–Trinajstić information content (AvgIpc) is 1.98.